The molecule has 0 spiro atoms. The molecule has 2 aliphatic rings. The lowest BCUT2D eigenvalue weighted by Crippen LogP contribution is -3.08. The van der Waals surface area contributed by atoms with E-state index in [-0.39, 0.29) is 11.7 Å². The third-order valence-corrected chi connectivity index (χ3v) is 5.11. The van der Waals surface area contributed by atoms with E-state index >= 15 is 0 Å². The van der Waals surface area contributed by atoms with Crippen molar-refractivity contribution >= 4 is 21.9 Å². The minimum absolute atomic E-state index is 0.267. The lowest BCUT2D eigenvalue weighted by Gasteiger charge is -2.41. The van der Waals surface area contributed by atoms with E-state index in [1.54, 1.807) is 0 Å². The van der Waals surface area contributed by atoms with Crippen LogP contribution < -0.4 is 5.32 Å². The third-order valence-electron chi connectivity index (χ3n) is 3.95. The van der Waals surface area contributed by atoms with Gasteiger partial charge >= 0.3 is 18.3 Å². The summed E-state index contributed by atoms with van der Waals surface area (Å²) in [6.07, 6.45) is -12.2. The van der Waals surface area contributed by atoms with Gasteiger partial charge in [0.05, 0.1) is 10.7 Å². The van der Waals surface area contributed by atoms with E-state index in [4.69, 9.17) is 4.74 Å². The van der Waals surface area contributed by atoms with E-state index in [9.17, 15) is 31.1 Å². The van der Waals surface area contributed by atoms with Crippen LogP contribution in [-0.4, -0.2) is 40.8 Å². The van der Waals surface area contributed by atoms with E-state index < -0.39 is 46.8 Å². The molecular formula is C10H11BrF6NO2+. The van der Waals surface area contributed by atoms with Crippen molar-refractivity contribution in [1.82, 2.24) is 0 Å². The summed E-state index contributed by atoms with van der Waals surface area (Å²) in [6.45, 7) is 1.06. The fraction of sp³-hybridized carbons (Fsp3) is 0.900. The Balaban J connectivity index is 2.37. The Morgan fingerprint density at radius 2 is 1.75 bits per heavy atom. The molecule has 4 unspecified atom stereocenters. The quantitative estimate of drug-likeness (QED) is 0.432. The zero-order chi connectivity index (χ0) is 15.5. The Morgan fingerprint density at radius 1 is 1.25 bits per heavy atom. The van der Waals surface area contributed by atoms with Crippen LogP contribution in [0.2, 0.25) is 0 Å². The Morgan fingerprint density at radius 3 is 2.10 bits per heavy atom. The highest BCUT2D eigenvalue weighted by Crippen LogP contribution is 2.55. The van der Waals surface area contributed by atoms with Crippen LogP contribution in [0.4, 0.5) is 26.3 Å². The predicted molar refractivity (Wildman–Crippen MR) is 56.9 cm³/mol. The van der Waals surface area contributed by atoms with Crippen molar-refractivity contribution in [3.63, 3.8) is 0 Å². The van der Waals surface area contributed by atoms with Crippen LogP contribution in [0.25, 0.3) is 0 Å². The van der Waals surface area contributed by atoms with Gasteiger partial charge in [0.25, 0.3) is 5.54 Å². The third kappa shape index (κ3) is 2.02. The molecule has 0 radical (unpaired) electrons. The molecule has 10 heteroatoms. The van der Waals surface area contributed by atoms with Gasteiger partial charge < -0.3 is 10.1 Å². The van der Waals surface area contributed by atoms with E-state index in [1.165, 1.54) is 0 Å². The molecule has 2 fully saturated rings. The van der Waals surface area contributed by atoms with Crippen molar-refractivity contribution in [2.24, 2.45) is 5.92 Å². The number of fused-ring (bicyclic) bond motifs is 2. The molecule has 0 aromatic heterocycles. The first-order valence-corrected chi connectivity index (χ1v) is 6.64. The normalized spacial score (nSPS) is 36.2. The molecule has 2 rings (SSSR count). The Bertz CT molecular complexity index is 407. The van der Waals surface area contributed by atoms with Crippen molar-refractivity contribution in [1.29, 1.82) is 0 Å². The lowest BCUT2D eigenvalue weighted by molar-refractivity contribution is -0.799. The van der Waals surface area contributed by atoms with Crippen LogP contribution in [0.5, 0.6) is 0 Å². The number of ether oxygens (including phenoxy) is 1. The van der Waals surface area contributed by atoms with Crippen molar-refractivity contribution < 1.29 is 41.2 Å². The summed E-state index contributed by atoms with van der Waals surface area (Å²) in [7, 11) is 0. The molecule has 0 aromatic carbocycles. The molecule has 4 atom stereocenters. The summed E-state index contributed by atoms with van der Waals surface area (Å²) in [5, 5.41) is 0.267. The van der Waals surface area contributed by atoms with Gasteiger partial charge in [-0.15, -0.1) is 0 Å². The zero-order valence-corrected chi connectivity index (χ0v) is 11.6. The van der Waals surface area contributed by atoms with Crippen LogP contribution in [0.15, 0.2) is 0 Å². The Hall–Kier alpha value is -0.510. The number of quaternary nitrogens is 1. The van der Waals surface area contributed by atoms with Crippen LogP contribution in [0.1, 0.15) is 13.3 Å². The number of nitrogens with two attached hydrogens (primary N) is 1. The van der Waals surface area contributed by atoms with Crippen LogP contribution in [-0.2, 0) is 9.53 Å². The topological polar surface area (TPSA) is 42.9 Å². The van der Waals surface area contributed by atoms with E-state index in [0.29, 0.717) is 0 Å². The summed E-state index contributed by atoms with van der Waals surface area (Å²) in [5.41, 5.74) is -3.84. The first-order valence-electron chi connectivity index (χ1n) is 5.72. The monoisotopic (exact) mass is 370 g/mol. The number of carbonyl (C=O) groups excluding carboxylic acids is 1. The molecule has 1 heterocycles. The maximum atomic E-state index is 13.1. The SMILES string of the molecule is CC(=O)OC1C2CC(C1Br)C(C(F)(F)F)(C(F)(F)F)[NH2+]2. The predicted octanol–water partition coefficient (Wildman–Crippen LogP) is 1.51. The molecule has 1 saturated carbocycles. The number of carbonyl (C=O) groups is 1. The number of rotatable bonds is 1. The van der Waals surface area contributed by atoms with E-state index in [0.717, 1.165) is 6.92 Å². The minimum atomic E-state index is -5.43. The standard InChI is InChI=1S/C10H10BrF6NO2/c1-3(19)20-7-5-2-4(6(7)11)8(18-5,9(12,13)14)10(15,16)17/h4-7,18H,2H2,1H3/p+1. The van der Waals surface area contributed by atoms with E-state index in [2.05, 4.69) is 15.9 Å². The molecule has 1 aliphatic heterocycles. The largest absolute Gasteiger partial charge is 0.455 e. The molecule has 2 N–H and O–H groups in total. The highest BCUT2D eigenvalue weighted by molar-refractivity contribution is 9.09. The van der Waals surface area contributed by atoms with Crippen molar-refractivity contribution in [2.45, 2.75) is 48.2 Å². The number of piperidine rings is 1. The second kappa shape index (κ2) is 4.49. The number of alkyl halides is 7. The van der Waals surface area contributed by atoms with Crippen molar-refractivity contribution in [3.05, 3.63) is 0 Å². The van der Waals surface area contributed by atoms with Gasteiger partial charge in [0, 0.05) is 13.3 Å². The van der Waals surface area contributed by atoms with Crippen LogP contribution in [0, 0.1) is 5.92 Å². The van der Waals surface area contributed by atoms with Crippen LogP contribution >= 0.6 is 15.9 Å². The second-order valence-electron chi connectivity index (χ2n) is 5.06. The van der Waals surface area contributed by atoms with Crippen LogP contribution in [0.3, 0.4) is 0 Å². The average Bonchev–Trinajstić information content (AvgIpc) is 2.74. The summed E-state index contributed by atoms with van der Waals surface area (Å²) in [5.74, 6) is -2.46. The average molecular weight is 371 g/mol. The van der Waals surface area contributed by atoms with Gasteiger partial charge in [-0.2, -0.15) is 26.3 Å². The molecule has 116 valence electrons. The van der Waals surface area contributed by atoms with Crippen molar-refractivity contribution in [3.8, 4) is 0 Å². The van der Waals surface area contributed by atoms with Gasteiger partial charge in [0.15, 0.2) is 6.10 Å². The molecule has 1 saturated heterocycles. The summed E-state index contributed by atoms with van der Waals surface area (Å²) < 4.78 is 83.1. The molecular weight excluding hydrogens is 360 g/mol. The fourth-order valence-electron chi connectivity index (χ4n) is 3.20. The zero-order valence-electron chi connectivity index (χ0n) is 10.1. The summed E-state index contributed by atoms with van der Waals surface area (Å²) in [6, 6.07) is -1.06. The number of esters is 1. The Labute approximate surface area is 118 Å². The summed E-state index contributed by atoms with van der Waals surface area (Å²) in [4.78, 5) is 9.70. The van der Waals surface area contributed by atoms with E-state index in [1.807, 2.05) is 0 Å². The Kier molecular flexibility index (Phi) is 3.56. The molecule has 3 nitrogen and oxygen atoms in total. The van der Waals surface area contributed by atoms with Gasteiger partial charge in [-0.3, -0.25) is 4.79 Å². The van der Waals surface area contributed by atoms with Gasteiger partial charge in [-0.05, 0) is 0 Å². The number of hydrogen-bond acceptors (Lipinski definition) is 2. The maximum absolute atomic E-state index is 13.1. The summed E-state index contributed by atoms with van der Waals surface area (Å²) >= 11 is 2.85. The first kappa shape index (κ1) is 15.9. The second-order valence-corrected chi connectivity index (χ2v) is 6.11. The minimum Gasteiger partial charge on any atom is -0.455 e. The maximum Gasteiger partial charge on any atom is 0.454 e. The smallest absolute Gasteiger partial charge is 0.454 e. The lowest BCUT2D eigenvalue weighted by atomic mass is 9.82. The molecule has 0 amide bonds. The van der Waals surface area contributed by atoms with Gasteiger partial charge in [0.1, 0.15) is 6.04 Å². The highest BCUT2D eigenvalue weighted by atomic mass is 79.9. The molecule has 20 heavy (non-hydrogen) atoms. The molecule has 2 bridgehead atoms. The number of hydrogen-bond donors (Lipinski definition) is 1. The van der Waals surface area contributed by atoms with Crippen molar-refractivity contribution in [2.75, 3.05) is 0 Å². The molecule has 1 aliphatic carbocycles. The van der Waals surface area contributed by atoms with Gasteiger partial charge in [-0.25, -0.2) is 0 Å². The number of halogens is 7. The van der Waals surface area contributed by atoms with Gasteiger partial charge in [0.2, 0.25) is 0 Å². The highest BCUT2D eigenvalue weighted by Gasteiger charge is 2.85. The fourth-order valence-corrected chi connectivity index (χ4v) is 4.33. The van der Waals surface area contributed by atoms with Gasteiger partial charge in [-0.1, -0.05) is 15.9 Å². The first-order chi connectivity index (χ1) is 8.92. The molecule has 0 aromatic rings.